The van der Waals surface area contributed by atoms with Gasteiger partial charge in [-0.25, -0.2) is 0 Å². The van der Waals surface area contributed by atoms with E-state index in [1.165, 1.54) is 5.56 Å². The van der Waals surface area contributed by atoms with Crippen LogP contribution in [0.25, 0.3) is 0 Å². The fraction of sp³-hybridized carbons (Fsp3) is 0.650. The summed E-state index contributed by atoms with van der Waals surface area (Å²) < 4.78 is 16.0. The van der Waals surface area contributed by atoms with Gasteiger partial charge in [0.05, 0.1) is 13.2 Å². The van der Waals surface area contributed by atoms with Gasteiger partial charge in [-0.1, -0.05) is 30.3 Å². The maximum absolute atomic E-state index is 5.60. The minimum Gasteiger partial charge on any atom is -0.382 e. The molecule has 2 N–H and O–H groups in total. The second-order valence-corrected chi connectivity index (χ2v) is 6.57. The molecule has 0 aliphatic carbocycles. The minimum atomic E-state index is 0.0976. The first-order chi connectivity index (χ1) is 12.8. The summed E-state index contributed by atoms with van der Waals surface area (Å²) in [4.78, 5) is 4.35. The van der Waals surface area contributed by atoms with E-state index in [4.69, 9.17) is 14.2 Å². The van der Waals surface area contributed by atoms with Crippen LogP contribution in [0.3, 0.4) is 0 Å². The van der Waals surface area contributed by atoms with Crippen molar-refractivity contribution in [3.05, 3.63) is 35.9 Å². The molecule has 0 bridgehead atoms. The molecule has 146 valence electrons. The summed E-state index contributed by atoms with van der Waals surface area (Å²) in [6.45, 7) is 5.30. The van der Waals surface area contributed by atoms with Crippen molar-refractivity contribution in [2.24, 2.45) is 4.99 Å². The lowest BCUT2D eigenvalue weighted by atomic mass is 9.74. The van der Waals surface area contributed by atoms with E-state index >= 15 is 0 Å². The molecule has 1 aromatic carbocycles. The van der Waals surface area contributed by atoms with E-state index in [2.05, 4.69) is 46.0 Å². The van der Waals surface area contributed by atoms with Crippen LogP contribution in [0, 0.1) is 0 Å². The fourth-order valence-electron chi connectivity index (χ4n) is 3.22. The molecule has 0 unspecified atom stereocenters. The van der Waals surface area contributed by atoms with Gasteiger partial charge in [-0.3, -0.25) is 4.99 Å². The Kier molecular flexibility index (Phi) is 9.45. The molecule has 1 aromatic rings. The van der Waals surface area contributed by atoms with Crippen LogP contribution in [0.5, 0.6) is 0 Å². The van der Waals surface area contributed by atoms with E-state index in [1.807, 2.05) is 7.05 Å². The highest BCUT2D eigenvalue weighted by Gasteiger charge is 2.34. The van der Waals surface area contributed by atoms with Crippen molar-refractivity contribution in [3.8, 4) is 0 Å². The highest BCUT2D eigenvalue weighted by Crippen LogP contribution is 2.34. The number of rotatable bonds is 10. The Balaban J connectivity index is 1.79. The van der Waals surface area contributed by atoms with E-state index in [9.17, 15) is 0 Å². The van der Waals surface area contributed by atoms with E-state index in [1.54, 1.807) is 7.11 Å². The Hall–Kier alpha value is -1.63. The van der Waals surface area contributed by atoms with Gasteiger partial charge in [-0.2, -0.15) is 0 Å². The maximum atomic E-state index is 5.60. The SMILES string of the molecule is CN=C(NCCCOCCOC)NCC1(c2ccccc2)CCOCC1. The number of benzene rings is 1. The first-order valence-corrected chi connectivity index (χ1v) is 9.45. The van der Waals surface area contributed by atoms with Crippen LogP contribution in [0.15, 0.2) is 35.3 Å². The summed E-state index contributed by atoms with van der Waals surface area (Å²) >= 11 is 0. The molecule has 0 spiro atoms. The second kappa shape index (κ2) is 11.9. The standard InChI is InChI=1S/C20H33N3O3/c1-21-19(22-11-6-12-25-16-15-24-2)23-17-20(9-13-26-14-10-20)18-7-4-3-5-8-18/h3-5,7-8H,6,9-17H2,1-2H3,(H2,21,22,23). The number of nitrogens with zero attached hydrogens (tertiary/aromatic N) is 1. The van der Waals surface area contributed by atoms with Gasteiger partial charge in [0.25, 0.3) is 0 Å². The van der Waals surface area contributed by atoms with Crippen LogP contribution in [-0.4, -0.2) is 66.2 Å². The van der Waals surface area contributed by atoms with Gasteiger partial charge in [0.2, 0.25) is 0 Å². The van der Waals surface area contributed by atoms with Crippen LogP contribution in [0.1, 0.15) is 24.8 Å². The Morgan fingerprint density at radius 1 is 1.12 bits per heavy atom. The third kappa shape index (κ3) is 6.59. The number of hydrogen-bond donors (Lipinski definition) is 2. The van der Waals surface area contributed by atoms with Gasteiger partial charge in [-0.05, 0) is 24.8 Å². The Morgan fingerprint density at radius 2 is 1.88 bits per heavy atom. The molecule has 1 heterocycles. The molecular weight excluding hydrogens is 330 g/mol. The average molecular weight is 364 g/mol. The third-order valence-electron chi connectivity index (χ3n) is 4.84. The number of ether oxygens (including phenoxy) is 3. The van der Waals surface area contributed by atoms with Gasteiger partial charge in [0.15, 0.2) is 5.96 Å². The Morgan fingerprint density at radius 3 is 2.58 bits per heavy atom. The molecule has 1 aliphatic heterocycles. The quantitative estimate of drug-likeness (QED) is 0.378. The minimum absolute atomic E-state index is 0.0976. The largest absolute Gasteiger partial charge is 0.382 e. The summed E-state index contributed by atoms with van der Waals surface area (Å²) in [6, 6.07) is 10.7. The normalized spacial score (nSPS) is 17.1. The number of hydrogen-bond acceptors (Lipinski definition) is 4. The zero-order chi connectivity index (χ0) is 18.5. The number of methoxy groups -OCH3 is 1. The van der Waals surface area contributed by atoms with Crippen LogP contribution in [-0.2, 0) is 19.6 Å². The molecule has 6 nitrogen and oxygen atoms in total. The summed E-state index contributed by atoms with van der Waals surface area (Å²) in [7, 11) is 3.49. The van der Waals surface area contributed by atoms with Crippen molar-refractivity contribution in [1.82, 2.24) is 10.6 Å². The molecule has 1 saturated heterocycles. The molecule has 0 radical (unpaired) electrons. The fourth-order valence-corrected chi connectivity index (χ4v) is 3.22. The van der Waals surface area contributed by atoms with Crippen molar-refractivity contribution >= 4 is 5.96 Å². The van der Waals surface area contributed by atoms with Crippen molar-refractivity contribution in [3.63, 3.8) is 0 Å². The zero-order valence-corrected chi connectivity index (χ0v) is 16.1. The first-order valence-electron chi connectivity index (χ1n) is 9.45. The van der Waals surface area contributed by atoms with E-state index in [0.29, 0.717) is 13.2 Å². The number of guanidine groups is 1. The molecule has 26 heavy (non-hydrogen) atoms. The smallest absolute Gasteiger partial charge is 0.191 e. The molecule has 1 aliphatic rings. The van der Waals surface area contributed by atoms with Crippen molar-refractivity contribution in [1.29, 1.82) is 0 Å². The lowest BCUT2D eigenvalue weighted by Gasteiger charge is -2.38. The summed E-state index contributed by atoms with van der Waals surface area (Å²) in [5, 5.41) is 6.88. The van der Waals surface area contributed by atoms with Crippen LogP contribution < -0.4 is 10.6 Å². The van der Waals surface area contributed by atoms with Crippen LogP contribution in [0.4, 0.5) is 0 Å². The summed E-state index contributed by atoms with van der Waals surface area (Å²) in [5.41, 5.74) is 1.47. The average Bonchev–Trinajstić information content (AvgIpc) is 2.71. The lowest BCUT2D eigenvalue weighted by Crippen LogP contribution is -2.48. The van der Waals surface area contributed by atoms with Gasteiger partial charge < -0.3 is 24.8 Å². The van der Waals surface area contributed by atoms with Gasteiger partial charge in [0.1, 0.15) is 0 Å². The lowest BCUT2D eigenvalue weighted by molar-refractivity contribution is 0.0513. The molecule has 0 atom stereocenters. The molecule has 0 amide bonds. The zero-order valence-electron chi connectivity index (χ0n) is 16.1. The van der Waals surface area contributed by atoms with E-state index in [0.717, 1.165) is 58.1 Å². The maximum Gasteiger partial charge on any atom is 0.191 e. The van der Waals surface area contributed by atoms with E-state index in [-0.39, 0.29) is 5.41 Å². The predicted octanol–water partition coefficient (Wildman–Crippen LogP) is 1.95. The van der Waals surface area contributed by atoms with Gasteiger partial charge in [-0.15, -0.1) is 0 Å². The summed E-state index contributed by atoms with van der Waals surface area (Å²) in [5.74, 6) is 0.837. The van der Waals surface area contributed by atoms with Crippen molar-refractivity contribution < 1.29 is 14.2 Å². The van der Waals surface area contributed by atoms with Crippen LogP contribution in [0.2, 0.25) is 0 Å². The Labute approximate surface area is 157 Å². The molecular formula is C20H33N3O3. The topological polar surface area (TPSA) is 64.1 Å². The second-order valence-electron chi connectivity index (χ2n) is 6.57. The van der Waals surface area contributed by atoms with Crippen molar-refractivity contribution in [2.45, 2.75) is 24.7 Å². The number of nitrogens with one attached hydrogen (secondary N) is 2. The van der Waals surface area contributed by atoms with Gasteiger partial charge >= 0.3 is 0 Å². The third-order valence-corrected chi connectivity index (χ3v) is 4.84. The Bertz CT molecular complexity index is 516. The molecule has 2 rings (SSSR count). The molecule has 0 aromatic heterocycles. The molecule has 1 fully saturated rings. The molecule has 6 heteroatoms. The van der Waals surface area contributed by atoms with Crippen LogP contribution >= 0.6 is 0 Å². The van der Waals surface area contributed by atoms with E-state index < -0.39 is 0 Å². The monoisotopic (exact) mass is 363 g/mol. The highest BCUT2D eigenvalue weighted by molar-refractivity contribution is 5.79. The predicted molar refractivity (Wildman–Crippen MR) is 105 cm³/mol. The number of aliphatic imine (C=N–C) groups is 1. The van der Waals surface area contributed by atoms with Crippen molar-refractivity contribution in [2.75, 3.05) is 60.3 Å². The first kappa shape index (κ1) is 20.7. The summed E-state index contributed by atoms with van der Waals surface area (Å²) in [6.07, 6.45) is 2.98. The van der Waals surface area contributed by atoms with Gasteiger partial charge in [0, 0.05) is 52.5 Å². The highest BCUT2D eigenvalue weighted by atomic mass is 16.5. The molecule has 0 saturated carbocycles.